The van der Waals surface area contributed by atoms with Gasteiger partial charge in [-0.2, -0.15) is 0 Å². The molecule has 156 valence electrons. The number of carbonyl (C=O) groups is 3. The molecule has 0 spiro atoms. The third-order valence-electron chi connectivity index (χ3n) is 3.93. The topological polar surface area (TPSA) is 75.7 Å². The third-order valence-corrected chi connectivity index (χ3v) is 6.35. The van der Waals surface area contributed by atoms with Gasteiger partial charge in [-0.15, -0.1) is 0 Å². The third kappa shape index (κ3) is 5.26. The summed E-state index contributed by atoms with van der Waals surface area (Å²) < 4.78 is 6.97. The van der Waals surface area contributed by atoms with E-state index in [1.54, 1.807) is 42.5 Å². The van der Waals surface area contributed by atoms with E-state index < -0.39 is 23.6 Å². The Hall–Kier alpha value is -1.81. The van der Waals surface area contributed by atoms with Crippen LogP contribution in [0.1, 0.15) is 12.5 Å². The van der Waals surface area contributed by atoms with E-state index in [-0.39, 0.29) is 4.91 Å². The highest BCUT2D eigenvalue weighted by Crippen LogP contribution is 2.37. The number of hydrogen-bond acceptors (Lipinski definition) is 5. The highest BCUT2D eigenvalue weighted by Gasteiger charge is 2.36. The summed E-state index contributed by atoms with van der Waals surface area (Å²) in [6, 6.07) is 10.3. The molecular formula is C20H15Br2ClN2O4S. The summed E-state index contributed by atoms with van der Waals surface area (Å²) in [4.78, 5) is 38.4. The second kappa shape index (κ2) is 10.00. The maximum absolute atomic E-state index is 12.7. The van der Waals surface area contributed by atoms with E-state index in [1.807, 2.05) is 6.92 Å². The number of halogens is 3. The van der Waals surface area contributed by atoms with Gasteiger partial charge < -0.3 is 10.1 Å². The van der Waals surface area contributed by atoms with E-state index in [1.165, 1.54) is 0 Å². The van der Waals surface area contributed by atoms with Crippen molar-refractivity contribution in [3.05, 3.63) is 60.8 Å². The maximum Gasteiger partial charge on any atom is 0.294 e. The molecule has 6 nitrogen and oxygen atoms in total. The van der Waals surface area contributed by atoms with Gasteiger partial charge in [0.05, 0.1) is 31.2 Å². The summed E-state index contributed by atoms with van der Waals surface area (Å²) in [6.45, 7) is 1.99. The van der Waals surface area contributed by atoms with E-state index in [0.29, 0.717) is 37.6 Å². The summed E-state index contributed by atoms with van der Waals surface area (Å²) in [5, 5.41) is 2.46. The van der Waals surface area contributed by atoms with Crippen LogP contribution in [0.5, 0.6) is 5.75 Å². The molecule has 0 aliphatic carbocycles. The van der Waals surface area contributed by atoms with Crippen molar-refractivity contribution >= 4 is 84.0 Å². The lowest BCUT2D eigenvalue weighted by atomic mass is 10.2. The average molecular weight is 575 g/mol. The first-order valence-corrected chi connectivity index (χ1v) is 11.5. The molecule has 2 aromatic carbocycles. The van der Waals surface area contributed by atoms with Gasteiger partial charge >= 0.3 is 0 Å². The van der Waals surface area contributed by atoms with Gasteiger partial charge in [0.1, 0.15) is 12.3 Å². The molecule has 0 radical (unpaired) electrons. The Morgan fingerprint density at radius 1 is 1.23 bits per heavy atom. The van der Waals surface area contributed by atoms with E-state index >= 15 is 0 Å². The summed E-state index contributed by atoms with van der Waals surface area (Å²) in [5.41, 5.74) is 1.11. The van der Waals surface area contributed by atoms with Crippen LogP contribution in [0.2, 0.25) is 5.02 Å². The first-order chi connectivity index (χ1) is 14.3. The molecule has 1 saturated heterocycles. The number of rotatable bonds is 6. The molecule has 0 unspecified atom stereocenters. The zero-order valence-electron chi connectivity index (χ0n) is 15.6. The largest absolute Gasteiger partial charge is 0.492 e. The molecule has 3 rings (SSSR count). The number of thioether (sulfide) groups is 1. The summed E-state index contributed by atoms with van der Waals surface area (Å²) in [7, 11) is 0. The minimum Gasteiger partial charge on any atom is -0.492 e. The molecule has 1 fully saturated rings. The highest BCUT2D eigenvalue weighted by molar-refractivity contribution is 9.11. The van der Waals surface area contributed by atoms with Crippen LogP contribution in [0.3, 0.4) is 0 Å². The smallest absolute Gasteiger partial charge is 0.294 e. The number of anilines is 1. The number of carbonyl (C=O) groups excluding carboxylic acids is 3. The monoisotopic (exact) mass is 572 g/mol. The number of benzene rings is 2. The zero-order valence-corrected chi connectivity index (χ0v) is 20.3. The molecule has 10 heteroatoms. The predicted octanol–water partition coefficient (Wildman–Crippen LogP) is 5.94. The lowest BCUT2D eigenvalue weighted by molar-refractivity contribution is -0.127. The second-order valence-corrected chi connectivity index (χ2v) is 9.15. The van der Waals surface area contributed by atoms with Gasteiger partial charge in [-0.05, 0) is 86.5 Å². The van der Waals surface area contributed by atoms with Crippen LogP contribution in [0.25, 0.3) is 6.08 Å². The summed E-state index contributed by atoms with van der Waals surface area (Å²) in [5.74, 6) is -0.391. The highest BCUT2D eigenvalue weighted by atomic mass is 79.9. The van der Waals surface area contributed by atoms with Crippen LogP contribution in [-0.2, 0) is 9.59 Å². The molecule has 1 aliphatic heterocycles. The molecule has 0 saturated carbocycles. The number of hydrogen-bond donors (Lipinski definition) is 1. The van der Waals surface area contributed by atoms with Crippen molar-refractivity contribution < 1.29 is 19.1 Å². The fourth-order valence-electron chi connectivity index (χ4n) is 2.63. The molecule has 30 heavy (non-hydrogen) atoms. The van der Waals surface area contributed by atoms with Crippen LogP contribution in [-0.4, -0.2) is 35.1 Å². The molecule has 1 aliphatic rings. The standard InChI is InChI=1S/C20H15Br2ClN2O4S/c1-2-29-18-12(21)7-11(8-13(18)22)9-16-19(27)25(20(28)30-16)10-17(26)24-15-6-4-3-5-14(15)23/h3-9H,2,10H2,1H3,(H,24,26)/b16-9+. The number of nitrogens with zero attached hydrogens (tertiary/aromatic N) is 1. The number of amides is 3. The van der Waals surface area contributed by atoms with E-state index in [4.69, 9.17) is 16.3 Å². The molecule has 0 atom stereocenters. The second-order valence-electron chi connectivity index (χ2n) is 6.04. The molecular weight excluding hydrogens is 560 g/mol. The summed E-state index contributed by atoms with van der Waals surface area (Å²) >= 11 is 13.7. The van der Waals surface area contributed by atoms with Crippen molar-refractivity contribution in [2.75, 3.05) is 18.5 Å². The number of nitrogens with one attached hydrogen (secondary N) is 1. The first-order valence-electron chi connectivity index (χ1n) is 8.71. The lowest BCUT2D eigenvalue weighted by Gasteiger charge is -2.13. The van der Waals surface area contributed by atoms with Crippen LogP contribution in [0.4, 0.5) is 10.5 Å². The Morgan fingerprint density at radius 2 is 1.90 bits per heavy atom. The van der Waals surface area contributed by atoms with Crippen molar-refractivity contribution in [2.24, 2.45) is 0 Å². The lowest BCUT2D eigenvalue weighted by Crippen LogP contribution is -2.36. The van der Waals surface area contributed by atoms with Crippen molar-refractivity contribution in [3.63, 3.8) is 0 Å². The Kier molecular flexibility index (Phi) is 7.62. The van der Waals surface area contributed by atoms with E-state index in [9.17, 15) is 14.4 Å². The average Bonchev–Trinajstić information content (AvgIpc) is 2.94. The van der Waals surface area contributed by atoms with Gasteiger partial charge in [0.25, 0.3) is 11.1 Å². The van der Waals surface area contributed by atoms with Crippen molar-refractivity contribution in [3.8, 4) is 5.75 Å². The van der Waals surface area contributed by atoms with Crippen LogP contribution in [0, 0.1) is 0 Å². The van der Waals surface area contributed by atoms with Crippen LogP contribution < -0.4 is 10.1 Å². The minimum absolute atomic E-state index is 0.230. The Balaban J connectivity index is 1.74. The SMILES string of the molecule is CCOc1c(Br)cc(/C=C2/SC(=O)N(CC(=O)Nc3ccccc3Cl)C2=O)cc1Br. The van der Waals surface area contributed by atoms with Gasteiger partial charge in [-0.25, -0.2) is 0 Å². The predicted molar refractivity (Wildman–Crippen MR) is 126 cm³/mol. The number of imide groups is 1. The molecule has 3 amide bonds. The molecule has 0 aromatic heterocycles. The number of para-hydroxylation sites is 1. The molecule has 1 heterocycles. The maximum atomic E-state index is 12.7. The molecule has 2 aromatic rings. The van der Waals surface area contributed by atoms with Gasteiger partial charge in [0.2, 0.25) is 5.91 Å². The Morgan fingerprint density at radius 3 is 2.53 bits per heavy atom. The Bertz CT molecular complexity index is 1040. The fraction of sp³-hybridized carbons (Fsp3) is 0.150. The van der Waals surface area contributed by atoms with Crippen molar-refractivity contribution in [2.45, 2.75) is 6.92 Å². The van der Waals surface area contributed by atoms with E-state index in [2.05, 4.69) is 37.2 Å². The normalized spacial score (nSPS) is 15.1. The quantitative estimate of drug-likeness (QED) is 0.433. The van der Waals surface area contributed by atoms with Crippen molar-refractivity contribution in [1.82, 2.24) is 4.90 Å². The van der Waals surface area contributed by atoms with Crippen LogP contribution in [0.15, 0.2) is 50.2 Å². The van der Waals surface area contributed by atoms with Gasteiger partial charge in [-0.3, -0.25) is 19.3 Å². The van der Waals surface area contributed by atoms with Gasteiger partial charge in [0, 0.05) is 0 Å². The Labute approximate surface area is 199 Å². The van der Waals surface area contributed by atoms with Gasteiger partial charge in [-0.1, -0.05) is 23.7 Å². The zero-order chi connectivity index (χ0) is 21.8. The summed E-state index contributed by atoms with van der Waals surface area (Å²) in [6.07, 6.45) is 1.60. The first kappa shape index (κ1) is 22.9. The minimum atomic E-state index is -0.527. The van der Waals surface area contributed by atoms with Crippen LogP contribution >= 0.6 is 55.2 Å². The van der Waals surface area contributed by atoms with E-state index in [0.717, 1.165) is 16.7 Å². The molecule has 0 bridgehead atoms. The van der Waals surface area contributed by atoms with Gasteiger partial charge in [0.15, 0.2) is 0 Å². The van der Waals surface area contributed by atoms with Crippen molar-refractivity contribution in [1.29, 1.82) is 0 Å². The fourth-order valence-corrected chi connectivity index (χ4v) is 5.10. The molecule has 1 N–H and O–H groups in total. The number of ether oxygens (including phenoxy) is 1.